The summed E-state index contributed by atoms with van der Waals surface area (Å²) in [5, 5.41) is 0.162. The first-order chi connectivity index (χ1) is 28.1. The molecule has 0 amide bonds. The maximum absolute atomic E-state index is 17.9. The predicted octanol–water partition coefficient (Wildman–Crippen LogP) is 10.1. The molecular weight excluding hydrogens is 735 g/mol. The largest absolute Gasteiger partial charge is 0.358 e. The summed E-state index contributed by atoms with van der Waals surface area (Å²) >= 11 is 6.43. The lowest BCUT2D eigenvalue weighted by Gasteiger charge is -2.40. The molecule has 1 aliphatic heterocycles. The van der Waals surface area contributed by atoms with Gasteiger partial charge in [-0.1, -0.05) is 194 Å². The van der Waals surface area contributed by atoms with Crippen molar-refractivity contribution in [2.45, 2.75) is 35.8 Å². The number of rotatable bonds is 12. The Kier molecular flexibility index (Phi) is 10.2. The molecule has 0 unspecified atom stereocenters. The van der Waals surface area contributed by atoms with Crippen molar-refractivity contribution >= 4 is 22.8 Å². The van der Waals surface area contributed by atoms with Crippen LogP contribution in [-0.4, -0.2) is 44.5 Å². The number of halogens is 2. The van der Waals surface area contributed by atoms with Gasteiger partial charge in [0.1, 0.15) is 35.3 Å². The molecule has 3 heterocycles. The van der Waals surface area contributed by atoms with Gasteiger partial charge < -0.3 is 14.2 Å². The normalized spacial score (nSPS) is 18.5. The van der Waals surface area contributed by atoms with Crippen LogP contribution in [0.4, 0.5) is 4.39 Å². The Morgan fingerprint density at radius 2 is 0.965 bits per heavy atom. The van der Waals surface area contributed by atoms with E-state index in [1.54, 1.807) is 4.57 Å². The molecule has 1 aliphatic rings. The minimum absolute atomic E-state index is 0.0584. The number of ether oxygens (including phenoxy) is 3. The first kappa shape index (κ1) is 36.6. The number of hydrogen-bond donors (Lipinski definition) is 0. The zero-order valence-corrected chi connectivity index (χ0v) is 31.5. The summed E-state index contributed by atoms with van der Waals surface area (Å²) in [6.07, 6.45) is -2.21. The van der Waals surface area contributed by atoms with E-state index in [0.29, 0.717) is 11.2 Å². The van der Waals surface area contributed by atoms with E-state index >= 15 is 4.39 Å². The summed E-state index contributed by atoms with van der Waals surface area (Å²) in [6, 6.07) is 60.0. The van der Waals surface area contributed by atoms with Crippen molar-refractivity contribution in [3.8, 4) is 0 Å². The number of hydrogen-bond acceptors (Lipinski definition) is 6. The first-order valence-electron chi connectivity index (χ1n) is 18.9. The van der Waals surface area contributed by atoms with E-state index in [9.17, 15) is 0 Å². The van der Waals surface area contributed by atoms with Gasteiger partial charge in [-0.05, 0) is 33.4 Å². The molecule has 0 saturated carbocycles. The zero-order valence-electron chi connectivity index (χ0n) is 30.8. The predicted molar refractivity (Wildman–Crippen MR) is 218 cm³/mol. The van der Waals surface area contributed by atoms with E-state index in [1.807, 2.05) is 146 Å². The Hall–Kier alpha value is -6.03. The molecule has 2 aromatic heterocycles. The smallest absolute Gasteiger partial charge is 0.174 e. The van der Waals surface area contributed by atoms with Crippen LogP contribution in [0.25, 0.3) is 11.2 Å². The summed E-state index contributed by atoms with van der Waals surface area (Å²) in [4.78, 5) is 13.0. The second kappa shape index (κ2) is 15.8. The monoisotopic (exact) mass is 772 g/mol. The van der Waals surface area contributed by atoms with E-state index < -0.39 is 35.8 Å². The SMILES string of the molecule is F[C@H]1[C@H](OC(c2ccccc2)(c2ccccc2)c2ccccc2)[C@@H](COC(c2ccccc2)(c2ccccc2)c2ccccc2)O[C@H]1n1cnc2c(Cl)ncnc21. The molecule has 57 heavy (non-hydrogen) atoms. The van der Waals surface area contributed by atoms with Crippen molar-refractivity contribution < 1.29 is 18.6 Å². The van der Waals surface area contributed by atoms with Gasteiger partial charge in [0.2, 0.25) is 0 Å². The fourth-order valence-corrected chi connectivity index (χ4v) is 8.28. The van der Waals surface area contributed by atoms with Gasteiger partial charge in [0.15, 0.2) is 23.2 Å². The molecular formula is C48H38ClFN4O3. The molecule has 4 atom stereocenters. The van der Waals surface area contributed by atoms with Crippen molar-refractivity contribution in [2.24, 2.45) is 0 Å². The van der Waals surface area contributed by atoms with Crippen LogP contribution in [0.1, 0.15) is 39.6 Å². The third kappa shape index (κ3) is 6.60. The highest BCUT2D eigenvalue weighted by atomic mass is 35.5. The van der Waals surface area contributed by atoms with Gasteiger partial charge in [-0.15, -0.1) is 0 Å². The van der Waals surface area contributed by atoms with Crippen LogP contribution < -0.4 is 0 Å². The lowest BCUT2D eigenvalue weighted by atomic mass is 9.79. The molecule has 9 heteroatoms. The van der Waals surface area contributed by atoms with Crippen molar-refractivity contribution in [3.63, 3.8) is 0 Å². The van der Waals surface area contributed by atoms with Crippen LogP contribution in [-0.2, 0) is 25.4 Å². The summed E-state index contributed by atoms with van der Waals surface area (Å²) in [5.74, 6) is 0. The highest BCUT2D eigenvalue weighted by Gasteiger charge is 2.53. The molecule has 0 bridgehead atoms. The van der Waals surface area contributed by atoms with Crippen molar-refractivity contribution in [3.05, 3.63) is 233 Å². The van der Waals surface area contributed by atoms with E-state index in [0.717, 1.165) is 33.4 Å². The molecule has 8 aromatic rings. The van der Waals surface area contributed by atoms with Crippen LogP contribution in [0.5, 0.6) is 0 Å². The highest BCUT2D eigenvalue weighted by Crippen LogP contribution is 2.47. The molecule has 1 fully saturated rings. The number of nitrogens with zero attached hydrogens (tertiary/aromatic N) is 4. The quantitative estimate of drug-likeness (QED) is 0.0910. The van der Waals surface area contributed by atoms with Gasteiger partial charge in [-0.25, -0.2) is 19.3 Å². The topological polar surface area (TPSA) is 71.3 Å². The third-order valence-corrected chi connectivity index (χ3v) is 11.0. The molecule has 282 valence electrons. The van der Waals surface area contributed by atoms with E-state index in [2.05, 4.69) is 51.4 Å². The van der Waals surface area contributed by atoms with Crippen LogP contribution in [0.15, 0.2) is 195 Å². The van der Waals surface area contributed by atoms with Gasteiger partial charge in [0.25, 0.3) is 0 Å². The molecule has 1 saturated heterocycles. The van der Waals surface area contributed by atoms with Crippen LogP contribution >= 0.6 is 11.6 Å². The van der Waals surface area contributed by atoms with Crippen molar-refractivity contribution in [1.82, 2.24) is 19.5 Å². The van der Waals surface area contributed by atoms with Crippen LogP contribution in [0.2, 0.25) is 5.15 Å². The summed E-state index contributed by atoms with van der Waals surface area (Å²) in [6.45, 7) is -0.0584. The van der Waals surface area contributed by atoms with Crippen molar-refractivity contribution in [2.75, 3.05) is 6.61 Å². The Morgan fingerprint density at radius 1 is 0.561 bits per heavy atom. The lowest BCUT2D eigenvalue weighted by Crippen LogP contribution is -2.45. The first-order valence-corrected chi connectivity index (χ1v) is 19.2. The van der Waals surface area contributed by atoms with E-state index in [1.165, 1.54) is 12.7 Å². The number of alkyl halides is 1. The minimum Gasteiger partial charge on any atom is -0.358 e. The molecule has 0 N–H and O–H groups in total. The summed E-state index contributed by atoms with van der Waals surface area (Å²) < 4.78 is 41.1. The highest BCUT2D eigenvalue weighted by molar-refractivity contribution is 6.33. The zero-order chi connectivity index (χ0) is 38.7. The molecule has 9 rings (SSSR count). The maximum atomic E-state index is 17.9. The average Bonchev–Trinajstić information content (AvgIpc) is 3.85. The Labute approximate surface area is 335 Å². The van der Waals surface area contributed by atoms with Crippen molar-refractivity contribution in [1.29, 1.82) is 0 Å². The van der Waals surface area contributed by atoms with Gasteiger partial charge in [-0.2, -0.15) is 0 Å². The fourth-order valence-electron chi connectivity index (χ4n) is 8.11. The minimum atomic E-state index is -1.72. The number of benzene rings is 6. The Balaban J connectivity index is 1.21. The van der Waals surface area contributed by atoms with Gasteiger partial charge in [0, 0.05) is 0 Å². The second-order valence-electron chi connectivity index (χ2n) is 14.0. The maximum Gasteiger partial charge on any atom is 0.174 e. The Bertz CT molecular complexity index is 2340. The lowest BCUT2D eigenvalue weighted by molar-refractivity contribution is -0.128. The molecule has 0 spiro atoms. The standard InChI is InChI=1S/C48H38ClFN4O3/c49-44-42-45(52-32-51-44)54(33-53-42)46-41(50)43(57-48(37-25-13-4-14-26-37,38-27-15-5-16-28-38)39-29-17-6-18-30-39)40(56-46)31-55-47(34-19-7-1-8-20-34,35-21-9-2-10-22-35)36-23-11-3-12-24-36/h1-30,32-33,40-41,43,46H,31H2/t40-,41+,43-,46-/m1/s1. The van der Waals surface area contributed by atoms with Gasteiger partial charge in [0.05, 0.1) is 12.9 Å². The number of fused-ring (bicyclic) bond motifs is 1. The van der Waals surface area contributed by atoms with Crippen LogP contribution in [0, 0.1) is 0 Å². The number of aromatic nitrogens is 4. The van der Waals surface area contributed by atoms with E-state index in [4.69, 9.17) is 25.8 Å². The van der Waals surface area contributed by atoms with Gasteiger partial charge in [-0.3, -0.25) is 4.57 Å². The molecule has 0 radical (unpaired) electrons. The molecule has 7 nitrogen and oxygen atoms in total. The third-order valence-electron chi connectivity index (χ3n) is 10.7. The molecule has 0 aliphatic carbocycles. The average molecular weight is 773 g/mol. The molecule has 6 aromatic carbocycles. The Morgan fingerprint density at radius 3 is 1.39 bits per heavy atom. The number of imidazole rings is 1. The second-order valence-corrected chi connectivity index (χ2v) is 14.3. The fraction of sp³-hybridized carbons (Fsp3) is 0.146. The summed E-state index contributed by atoms with van der Waals surface area (Å²) in [5.41, 5.74) is 3.55. The van der Waals surface area contributed by atoms with Crippen LogP contribution in [0.3, 0.4) is 0 Å². The van der Waals surface area contributed by atoms with Gasteiger partial charge >= 0.3 is 0 Å². The summed E-state index contributed by atoms with van der Waals surface area (Å²) in [7, 11) is 0. The van der Waals surface area contributed by atoms with E-state index in [-0.39, 0.29) is 11.8 Å².